The molecule has 2 rings (SSSR count). The Kier molecular flexibility index (Phi) is 5.76. The van der Waals surface area contributed by atoms with Crippen LogP contribution in [0.15, 0.2) is 24.3 Å². The highest BCUT2D eigenvalue weighted by Gasteiger charge is 2.41. The molecule has 1 aromatic rings. The Labute approximate surface area is 154 Å². The largest absolute Gasteiger partial charge is 0.444 e. The number of nitrogens with one attached hydrogen (secondary N) is 1. The molecule has 1 aromatic carbocycles. The Bertz CT molecular complexity index is 630. The number of hydrogen-bond acceptors (Lipinski definition) is 3. The standard InChI is InChI=1S/C18H25ClN2O2S/c1-17(2,3)23-16(22)20-18(4)9-11-21(15(18)24)10-8-13-6-5-7-14(19)12-13/h5-7,12H,8-11H2,1-4H3,(H,20,22). The molecule has 0 bridgehead atoms. The highest BCUT2D eigenvalue weighted by Crippen LogP contribution is 2.25. The fourth-order valence-corrected chi connectivity index (χ4v) is 3.28. The molecule has 0 aliphatic carbocycles. The zero-order chi connectivity index (χ0) is 18.0. The summed E-state index contributed by atoms with van der Waals surface area (Å²) >= 11 is 11.6. The molecule has 1 N–H and O–H groups in total. The van der Waals surface area contributed by atoms with E-state index in [4.69, 9.17) is 28.6 Å². The van der Waals surface area contributed by atoms with Crippen LogP contribution in [0.3, 0.4) is 0 Å². The number of amides is 1. The number of halogens is 1. The number of carbonyl (C=O) groups is 1. The van der Waals surface area contributed by atoms with Gasteiger partial charge in [0.25, 0.3) is 0 Å². The molecule has 1 atom stereocenters. The number of thiocarbonyl (C=S) groups is 1. The third kappa shape index (κ3) is 5.08. The lowest BCUT2D eigenvalue weighted by atomic mass is 10.0. The first-order valence-electron chi connectivity index (χ1n) is 8.14. The number of rotatable bonds is 4. The molecule has 1 amide bonds. The van der Waals surface area contributed by atoms with E-state index in [-0.39, 0.29) is 0 Å². The lowest BCUT2D eigenvalue weighted by Gasteiger charge is -2.29. The van der Waals surface area contributed by atoms with Crippen molar-refractivity contribution in [1.29, 1.82) is 0 Å². The van der Waals surface area contributed by atoms with E-state index in [1.54, 1.807) is 0 Å². The molecular formula is C18H25ClN2O2S. The number of hydrogen-bond donors (Lipinski definition) is 1. The van der Waals surface area contributed by atoms with E-state index in [1.165, 1.54) is 5.56 Å². The third-order valence-electron chi connectivity index (χ3n) is 3.98. The van der Waals surface area contributed by atoms with E-state index in [1.807, 2.05) is 45.9 Å². The average Bonchev–Trinajstić information content (AvgIpc) is 2.70. The van der Waals surface area contributed by atoms with Gasteiger partial charge in [0.2, 0.25) is 0 Å². The fraction of sp³-hybridized carbons (Fsp3) is 0.556. The number of benzene rings is 1. The topological polar surface area (TPSA) is 41.6 Å². The second-order valence-corrected chi connectivity index (χ2v) is 8.20. The van der Waals surface area contributed by atoms with Gasteiger partial charge in [-0.2, -0.15) is 0 Å². The molecule has 132 valence electrons. The maximum absolute atomic E-state index is 12.1. The van der Waals surface area contributed by atoms with Crippen LogP contribution in [0.5, 0.6) is 0 Å². The first-order valence-corrected chi connectivity index (χ1v) is 8.93. The minimum atomic E-state index is -0.536. The molecule has 4 nitrogen and oxygen atoms in total. The van der Waals surface area contributed by atoms with Crippen molar-refractivity contribution in [1.82, 2.24) is 10.2 Å². The van der Waals surface area contributed by atoms with Crippen molar-refractivity contribution < 1.29 is 9.53 Å². The van der Waals surface area contributed by atoms with E-state index in [9.17, 15) is 4.79 Å². The Morgan fingerprint density at radius 3 is 2.79 bits per heavy atom. The van der Waals surface area contributed by atoms with Crippen LogP contribution in [-0.2, 0) is 11.2 Å². The van der Waals surface area contributed by atoms with E-state index in [0.717, 1.165) is 35.9 Å². The Morgan fingerprint density at radius 1 is 1.46 bits per heavy atom. The van der Waals surface area contributed by atoms with Crippen LogP contribution < -0.4 is 5.32 Å². The van der Waals surface area contributed by atoms with Crippen molar-refractivity contribution in [2.24, 2.45) is 0 Å². The molecule has 1 unspecified atom stereocenters. The first-order chi connectivity index (χ1) is 11.1. The SMILES string of the molecule is CC(C)(C)OC(=O)NC1(C)CCN(CCc2cccc(Cl)c2)C1=S. The molecule has 1 aliphatic rings. The van der Waals surface area contributed by atoms with Crippen LogP contribution in [0.25, 0.3) is 0 Å². The molecule has 0 spiro atoms. The van der Waals surface area contributed by atoms with Crippen LogP contribution in [0.2, 0.25) is 5.02 Å². The van der Waals surface area contributed by atoms with Gasteiger partial charge in [-0.25, -0.2) is 4.79 Å². The smallest absolute Gasteiger partial charge is 0.408 e. The number of alkyl carbamates (subject to hydrolysis) is 1. The highest BCUT2D eigenvalue weighted by molar-refractivity contribution is 7.80. The summed E-state index contributed by atoms with van der Waals surface area (Å²) in [5.74, 6) is 0. The minimum Gasteiger partial charge on any atom is -0.444 e. The molecular weight excluding hydrogens is 344 g/mol. The molecule has 0 saturated carbocycles. The van der Waals surface area contributed by atoms with Crippen LogP contribution in [0, 0.1) is 0 Å². The summed E-state index contributed by atoms with van der Waals surface area (Å²) in [5.41, 5.74) is 0.123. The predicted octanol–water partition coefficient (Wildman–Crippen LogP) is 4.20. The average molecular weight is 369 g/mol. The first kappa shape index (κ1) is 19.0. The van der Waals surface area contributed by atoms with Crippen molar-refractivity contribution in [2.75, 3.05) is 13.1 Å². The maximum Gasteiger partial charge on any atom is 0.408 e. The Morgan fingerprint density at radius 2 is 2.17 bits per heavy atom. The Balaban J connectivity index is 1.92. The van der Waals surface area contributed by atoms with Gasteiger partial charge in [-0.05, 0) is 58.2 Å². The van der Waals surface area contributed by atoms with Crippen LogP contribution in [0.4, 0.5) is 4.79 Å². The summed E-state index contributed by atoms with van der Waals surface area (Å²) in [6.07, 6.45) is 1.22. The van der Waals surface area contributed by atoms with Gasteiger partial charge >= 0.3 is 6.09 Å². The summed E-state index contributed by atoms with van der Waals surface area (Å²) < 4.78 is 5.35. The summed E-state index contributed by atoms with van der Waals surface area (Å²) in [5, 5.41) is 3.68. The van der Waals surface area contributed by atoms with Crippen molar-refractivity contribution in [2.45, 2.75) is 51.7 Å². The zero-order valence-electron chi connectivity index (χ0n) is 14.7. The second-order valence-electron chi connectivity index (χ2n) is 7.38. The van der Waals surface area contributed by atoms with E-state index < -0.39 is 17.2 Å². The van der Waals surface area contributed by atoms with Crippen molar-refractivity contribution in [3.05, 3.63) is 34.9 Å². The number of likely N-dealkylation sites (tertiary alicyclic amines) is 1. The Hall–Kier alpha value is -1.33. The summed E-state index contributed by atoms with van der Waals surface area (Å²) in [6.45, 7) is 9.13. The second kappa shape index (κ2) is 7.28. The molecule has 1 aliphatic heterocycles. The van der Waals surface area contributed by atoms with Crippen LogP contribution >= 0.6 is 23.8 Å². The van der Waals surface area contributed by atoms with Gasteiger partial charge in [-0.1, -0.05) is 36.0 Å². The molecule has 6 heteroatoms. The third-order valence-corrected chi connectivity index (χ3v) is 4.92. The highest BCUT2D eigenvalue weighted by atomic mass is 35.5. The van der Waals surface area contributed by atoms with Crippen LogP contribution in [-0.4, -0.2) is 40.2 Å². The van der Waals surface area contributed by atoms with Crippen LogP contribution in [0.1, 0.15) is 39.7 Å². The molecule has 24 heavy (non-hydrogen) atoms. The maximum atomic E-state index is 12.1. The van der Waals surface area contributed by atoms with Gasteiger partial charge in [-0.3, -0.25) is 0 Å². The van der Waals surface area contributed by atoms with Crippen molar-refractivity contribution in [3.63, 3.8) is 0 Å². The van der Waals surface area contributed by atoms with Gasteiger partial charge in [0.15, 0.2) is 0 Å². The van der Waals surface area contributed by atoms with E-state index in [2.05, 4.69) is 16.3 Å². The van der Waals surface area contributed by atoms with Gasteiger partial charge < -0.3 is 15.0 Å². The molecule has 1 saturated heterocycles. The molecule has 1 fully saturated rings. The normalized spacial score (nSPS) is 21.0. The lowest BCUT2D eigenvalue weighted by molar-refractivity contribution is 0.0493. The predicted molar refractivity (Wildman–Crippen MR) is 102 cm³/mol. The van der Waals surface area contributed by atoms with Gasteiger partial charge in [0, 0.05) is 18.1 Å². The minimum absolute atomic E-state index is 0.427. The summed E-state index contributed by atoms with van der Waals surface area (Å²) in [6, 6.07) is 7.85. The monoisotopic (exact) mass is 368 g/mol. The van der Waals surface area contributed by atoms with Gasteiger partial charge in [0.1, 0.15) is 10.6 Å². The van der Waals surface area contributed by atoms with Gasteiger partial charge in [0.05, 0.1) is 5.54 Å². The van der Waals surface area contributed by atoms with Gasteiger partial charge in [-0.15, -0.1) is 0 Å². The molecule has 1 heterocycles. The molecule has 0 aromatic heterocycles. The molecule has 0 radical (unpaired) electrons. The van der Waals surface area contributed by atoms with E-state index in [0.29, 0.717) is 0 Å². The summed E-state index contributed by atoms with van der Waals surface area (Å²) in [4.78, 5) is 15.0. The number of nitrogens with zero attached hydrogens (tertiary/aromatic N) is 1. The van der Waals surface area contributed by atoms with Crippen molar-refractivity contribution in [3.8, 4) is 0 Å². The fourth-order valence-electron chi connectivity index (χ4n) is 2.73. The summed E-state index contributed by atoms with van der Waals surface area (Å²) in [7, 11) is 0. The quantitative estimate of drug-likeness (QED) is 0.809. The number of ether oxygens (including phenoxy) is 1. The lowest BCUT2D eigenvalue weighted by Crippen LogP contribution is -2.52. The van der Waals surface area contributed by atoms with Crippen molar-refractivity contribution >= 4 is 34.9 Å². The number of carbonyl (C=O) groups excluding carboxylic acids is 1. The van der Waals surface area contributed by atoms with E-state index >= 15 is 0 Å². The zero-order valence-corrected chi connectivity index (χ0v) is 16.3.